The highest BCUT2D eigenvalue weighted by Gasteiger charge is 2.26. The molecule has 0 radical (unpaired) electrons. The van der Waals surface area contributed by atoms with E-state index in [0.29, 0.717) is 27.6 Å². The molecule has 1 atom stereocenters. The van der Waals surface area contributed by atoms with Gasteiger partial charge < -0.3 is 9.47 Å². The van der Waals surface area contributed by atoms with E-state index in [1.807, 2.05) is 43.0 Å². The van der Waals surface area contributed by atoms with E-state index in [4.69, 9.17) is 28.3 Å². The fourth-order valence-electron chi connectivity index (χ4n) is 3.76. The number of benzene rings is 1. The highest BCUT2D eigenvalue weighted by Crippen LogP contribution is 2.28. The Balaban J connectivity index is 1.52. The third-order valence-electron chi connectivity index (χ3n) is 5.02. The van der Waals surface area contributed by atoms with Crippen molar-refractivity contribution in [3.8, 4) is 11.4 Å². The maximum Gasteiger partial charge on any atom is 0.185 e. The van der Waals surface area contributed by atoms with Gasteiger partial charge in [0, 0.05) is 47.1 Å². The molecule has 5 rings (SSSR count). The number of hydrogen-bond donors (Lipinski definition) is 0. The summed E-state index contributed by atoms with van der Waals surface area (Å²) >= 11 is 12.3. The molecule has 4 heterocycles. The molecule has 28 heavy (non-hydrogen) atoms. The summed E-state index contributed by atoms with van der Waals surface area (Å²) in [4.78, 5) is 6.48. The number of anilines is 1. The summed E-state index contributed by atoms with van der Waals surface area (Å²) in [7, 11) is 0. The van der Waals surface area contributed by atoms with Gasteiger partial charge in [0.1, 0.15) is 5.82 Å². The maximum absolute atomic E-state index is 6.16. The van der Waals surface area contributed by atoms with Crippen molar-refractivity contribution in [2.24, 2.45) is 0 Å². The Bertz CT molecular complexity index is 1100. The lowest BCUT2D eigenvalue weighted by Crippen LogP contribution is -2.33. The summed E-state index contributed by atoms with van der Waals surface area (Å²) in [5.41, 5.74) is 1.46. The van der Waals surface area contributed by atoms with Gasteiger partial charge in [0.15, 0.2) is 11.5 Å². The molecule has 0 saturated carbocycles. The molecule has 0 amide bonds. The Morgan fingerprint density at radius 3 is 2.71 bits per heavy atom. The molecule has 1 saturated heterocycles. The van der Waals surface area contributed by atoms with Gasteiger partial charge in [-0.2, -0.15) is 4.52 Å². The molecule has 0 aliphatic carbocycles. The van der Waals surface area contributed by atoms with Gasteiger partial charge in [0.25, 0.3) is 0 Å². The van der Waals surface area contributed by atoms with E-state index in [-0.39, 0.29) is 0 Å². The van der Waals surface area contributed by atoms with Crippen LogP contribution >= 0.6 is 23.2 Å². The van der Waals surface area contributed by atoms with Crippen molar-refractivity contribution in [3.63, 3.8) is 0 Å². The van der Waals surface area contributed by atoms with Gasteiger partial charge >= 0.3 is 0 Å². The fourth-order valence-corrected chi connectivity index (χ4v) is 4.29. The minimum atomic E-state index is 0.375. The molecule has 1 aliphatic heterocycles. The van der Waals surface area contributed by atoms with Crippen LogP contribution in [0, 0.1) is 0 Å². The quantitative estimate of drug-likeness (QED) is 0.506. The van der Waals surface area contributed by atoms with Gasteiger partial charge in [-0.05, 0) is 43.2 Å². The molecule has 0 spiro atoms. The van der Waals surface area contributed by atoms with E-state index >= 15 is 0 Å². The number of imidazole rings is 1. The van der Waals surface area contributed by atoms with E-state index in [2.05, 4.69) is 24.6 Å². The molecule has 1 fully saturated rings. The first kappa shape index (κ1) is 17.5. The van der Waals surface area contributed by atoms with Gasteiger partial charge in [-0.25, -0.2) is 4.98 Å². The van der Waals surface area contributed by atoms with Crippen LogP contribution in [0.25, 0.3) is 17.0 Å². The molecule has 142 valence electrons. The summed E-state index contributed by atoms with van der Waals surface area (Å²) in [5.74, 6) is 1.52. The number of hydrogen-bond acceptors (Lipinski definition) is 5. The van der Waals surface area contributed by atoms with Crippen LogP contribution in [0.4, 0.5) is 5.82 Å². The third kappa shape index (κ3) is 3.21. The normalized spacial score (nSPS) is 16.9. The lowest BCUT2D eigenvalue weighted by molar-refractivity contribution is 0.545. The van der Waals surface area contributed by atoms with E-state index in [1.54, 1.807) is 10.6 Å². The number of rotatable bonds is 4. The summed E-state index contributed by atoms with van der Waals surface area (Å²) < 4.78 is 3.86. The number of halogens is 2. The average molecular weight is 414 g/mol. The highest BCUT2D eigenvalue weighted by molar-refractivity contribution is 6.35. The Kier molecular flexibility index (Phi) is 4.41. The first-order valence-corrected chi connectivity index (χ1v) is 9.84. The lowest BCUT2D eigenvalue weighted by Gasteiger charge is -2.25. The molecular formula is C19H17Cl2N7. The Hall–Kier alpha value is -2.64. The van der Waals surface area contributed by atoms with Gasteiger partial charge in [0.05, 0.1) is 6.33 Å². The zero-order valence-electron chi connectivity index (χ0n) is 14.9. The van der Waals surface area contributed by atoms with Crippen LogP contribution in [-0.2, 0) is 6.54 Å². The number of nitrogens with zero attached hydrogens (tertiary/aromatic N) is 7. The molecule has 7 nitrogen and oxygen atoms in total. The molecule has 0 bridgehead atoms. The van der Waals surface area contributed by atoms with Crippen LogP contribution in [0.3, 0.4) is 0 Å². The summed E-state index contributed by atoms with van der Waals surface area (Å²) in [6.45, 7) is 1.86. The van der Waals surface area contributed by atoms with Gasteiger partial charge in [-0.3, -0.25) is 0 Å². The Morgan fingerprint density at radius 1 is 1.07 bits per heavy atom. The standard InChI is InChI=1S/C19H17Cl2N7/c20-14-8-13(9-15(21)10-14)19-24-23-17-3-4-18(25-28(17)19)27-6-1-2-16(27)11-26-7-5-22-12-26/h3-5,7-10,12,16H,1-2,6,11H2. The van der Waals surface area contributed by atoms with E-state index in [1.165, 1.54) is 0 Å². The van der Waals surface area contributed by atoms with Crippen molar-refractivity contribution in [3.05, 3.63) is 59.1 Å². The first-order chi connectivity index (χ1) is 13.7. The topological polar surface area (TPSA) is 64.1 Å². The van der Waals surface area contributed by atoms with Crippen molar-refractivity contribution < 1.29 is 0 Å². The fraction of sp³-hybridized carbons (Fsp3) is 0.263. The number of fused-ring (bicyclic) bond motifs is 1. The van der Waals surface area contributed by atoms with Gasteiger partial charge in [-0.15, -0.1) is 15.3 Å². The molecule has 1 aromatic carbocycles. The van der Waals surface area contributed by atoms with E-state index < -0.39 is 0 Å². The highest BCUT2D eigenvalue weighted by atomic mass is 35.5. The first-order valence-electron chi connectivity index (χ1n) is 9.09. The predicted octanol–water partition coefficient (Wildman–Crippen LogP) is 3.96. The molecular weight excluding hydrogens is 397 g/mol. The predicted molar refractivity (Wildman–Crippen MR) is 109 cm³/mol. The van der Waals surface area contributed by atoms with Crippen LogP contribution in [0.5, 0.6) is 0 Å². The number of aromatic nitrogens is 6. The monoisotopic (exact) mass is 413 g/mol. The minimum absolute atomic E-state index is 0.375. The molecule has 0 N–H and O–H groups in total. The summed E-state index contributed by atoms with van der Waals surface area (Å²) in [6.07, 6.45) is 7.92. The summed E-state index contributed by atoms with van der Waals surface area (Å²) in [6, 6.07) is 9.65. The average Bonchev–Trinajstić information content (AvgIpc) is 3.41. The lowest BCUT2D eigenvalue weighted by atomic mass is 10.2. The van der Waals surface area contributed by atoms with Crippen molar-refractivity contribution in [1.29, 1.82) is 0 Å². The molecule has 9 heteroatoms. The largest absolute Gasteiger partial charge is 0.350 e. The second-order valence-corrected chi connectivity index (χ2v) is 7.77. The zero-order chi connectivity index (χ0) is 19.1. The van der Waals surface area contributed by atoms with Crippen LogP contribution in [0.1, 0.15) is 12.8 Å². The second kappa shape index (κ2) is 7.07. The molecule has 1 unspecified atom stereocenters. The minimum Gasteiger partial charge on any atom is -0.350 e. The van der Waals surface area contributed by atoms with Gasteiger partial charge in [0.2, 0.25) is 0 Å². The molecule has 3 aromatic heterocycles. The van der Waals surface area contributed by atoms with Crippen LogP contribution in [0.2, 0.25) is 10.0 Å². The smallest absolute Gasteiger partial charge is 0.185 e. The van der Waals surface area contributed by atoms with E-state index in [0.717, 1.165) is 37.3 Å². The second-order valence-electron chi connectivity index (χ2n) is 6.89. The maximum atomic E-state index is 6.16. The molecule has 4 aromatic rings. The van der Waals surface area contributed by atoms with Crippen molar-refractivity contribution in [1.82, 2.24) is 29.4 Å². The SMILES string of the molecule is Clc1cc(Cl)cc(-c2nnc3ccc(N4CCCC4Cn4ccnc4)nn23)c1. The Labute approximate surface area is 171 Å². The van der Waals surface area contributed by atoms with Crippen LogP contribution in [0.15, 0.2) is 49.1 Å². The van der Waals surface area contributed by atoms with Gasteiger partial charge in [-0.1, -0.05) is 23.2 Å². The van der Waals surface area contributed by atoms with Crippen molar-refractivity contribution >= 4 is 34.7 Å². The van der Waals surface area contributed by atoms with Crippen molar-refractivity contribution in [2.45, 2.75) is 25.4 Å². The summed E-state index contributed by atoms with van der Waals surface area (Å²) in [5, 5.41) is 14.5. The van der Waals surface area contributed by atoms with Crippen molar-refractivity contribution in [2.75, 3.05) is 11.4 Å². The Morgan fingerprint density at radius 2 is 1.93 bits per heavy atom. The van der Waals surface area contributed by atoms with E-state index in [9.17, 15) is 0 Å². The third-order valence-corrected chi connectivity index (χ3v) is 5.46. The van der Waals surface area contributed by atoms with Crippen LogP contribution < -0.4 is 4.90 Å². The van der Waals surface area contributed by atoms with Crippen LogP contribution in [-0.4, -0.2) is 41.9 Å². The molecule has 1 aliphatic rings. The zero-order valence-corrected chi connectivity index (χ0v) is 16.4.